The Labute approximate surface area is 207 Å². The number of alkyl halides is 3. The number of nitrogens with zero attached hydrogens (tertiary/aromatic N) is 1. The zero-order valence-corrected chi connectivity index (χ0v) is 21.0. The van der Waals surface area contributed by atoms with Crippen LogP contribution < -0.4 is 0 Å². The predicted octanol–water partition coefficient (Wildman–Crippen LogP) is 6.18. The van der Waals surface area contributed by atoms with E-state index in [1.807, 2.05) is 0 Å². The third-order valence-corrected chi connectivity index (χ3v) is 4.89. The molecule has 36 heavy (non-hydrogen) atoms. The van der Waals surface area contributed by atoms with E-state index in [9.17, 15) is 32.9 Å². The first-order chi connectivity index (χ1) is 16.4. The number of benzene rings is 2. The van der Waals surface area contributed by atoms with Gasteiger partial charge in [0.15, 0.2) is 5.78 Å². The van der Waals surface area contributed by atoms with Crippen molar-refractivity contribution in [2.45, 2.75) is 71.4 Å². The number of carbonyl (C=O) groups excluding carboxylic acids is 2. The Hall–Kier alpha value is -3.27. The minimum Gasteiger partial charge on any atom is -0.459 e. The van der Waals surface area contributed by atoms with Gasteiger partial charge in [0.05, 0.1) is 27.8 Å². The lowest BCUT2D eigenvalue weighted by Crippen LogP contribution is -2.45. The summed E-state index contributed by atoms with van der Waals surface area (Å²) in [7, 11) is 0. The van der Waals surface area contributed by atoms with E-state index in [-0.39, 0.29) is 12.5 Å². The van der Waals surface area contributed by atoms with Crippen LogP contribution in [0.5, 0.6) is 0 Å². The smallest absolute Gasteiger partial charge is 0.416 e. The third kappa shape index (κ3) is 8.15. The first-order valence-electron chi connectivity index (χ1n) is 11.2. The summed E-state index contributed by atoms with van der Waals surface area (Å²) in [6, 6.07) is 10.4. The summed E-state index contributed by atoms with van der Waals surface area (Å²) >= 11 is 0. The highest BCUT2D eigenvalue weighted by Gasteiger charge is 2.43. The normalized spacial score (nSPS) is 14.1. The molecule has 2 aromatic rings. The first kappa shape index (κ1) is 29.0. The van der Waals surface area contributed by atoms with E-state index in [2.05, 4.69) is 0 Å². The summed E-state index contributed by atoms with van der Waals surface area (Å²) < 4.78 is 51.1. The monoisotopic (exact) mass is 509 g/mol. The number of rotatable bonds is 8. The Morgan fingerprint density at radius 1 is 0.944 bits per heavy atom. The highest BCUT2D eigenvalue weighted by Crippen LogP contribution is 2.35. The van der Waals surface area contributed by atoms with Gasteiger partial charge in [-0.1, -0.05) is 30.3 Å². The summed E-state index contributed by atoms with van der Waals surface area (Å²) in [4.78, 5) is 37.6. The molecule has 196 valence electrons. The summed E-state index contributed by atoms with van der Waals surface area (Å²) in [5, 5.41) is 11.7. The number of hydrogen-bond acceptors (Lipinski definition) is 6. The van der Waals surface area contributed by atoms with Crippen LogP contribution in [-0.4, -0.2) is 34.0 Å². The highest BCUT2D eigenvalue weighted by atomic mass is 19.4. The standard InChI is InChI=1S/C26H30F3NO6/c1-24(2,3)35-20(14-16-10-8-7-9-11-16)21(23(32)36-25(4,5)6)22(31)18-13-12-17(26(27,28)29)15-19(18)30(33)34/h7-13,15,20-21H,14H2,1-6H3. The summed E-state index contributed by atoms with van der Waals surface area (Å²) in [5.41, 5.74) is -4.12. The molecule has 7 nitrogen and oxygen atoms in total. The molecular weight excluding hydrogens is 479 g/mol. The highest BCUT2D eigenvalue weighted by molar-refractivity contribution is 6.11. The molecule has 2 aromatic carbocycles. The number of halogens is 3. The molecule has 0 N–H and O–H groups in total. The van der Waals surface area contributed by atoms with Crippen molar-refractivity contribution in [3.05, 3.63) is 75.3 Å². The second kappa shape index (κ2) is 10.8. The zero-order chi connectivity index (χ0) is 27.5. The van der Waals surface area contributed by atoms with Gasteiger partial charge in [0.2, 0.25) is 0 Å². The van der Waals surface area contributed by atoms with E-state index < -0.39 is 62.9 Å². The lowest BCUT2D eigenvalue weighted by atomic mass is 9.87. The fraction of sp³-hybridized carbons (Fsp3) is 0.462. The van der Waals surface area contributed by atoms with Crippen LogP contribution in [0.15, 0.2) is 48.5 Å². The molecule has 2 atom stereocenters. The number of Topliss-reactive ketones (excluding diaryl/α,β-unsaturated/α-hetero) is 1. The van der Waals surface area contributed by atoms with E-state index in [1.54, 1.807) is 71.9 Å². The average Bonchev–Trinajstić information content (AvgIpc) is 2.70. The van der Waals surface area contributed by atoms with E-state index in [4.69, 9.17) is 9.47 Å². The van der Waals surface area contributed by atoms with Crippen LogP contribution >= 0.6 is 0 Å². The van der Waals surface area contributed by atoms with Gasteiger partial charge in [-0.05, 0) is 65.7 Å². The maximum Gasteiger partial charge on any atom is 0.416 e. The van der Waals surface area contributed by atoms with Crippen LogP contribution in [0.4, 0.5) is 18.9 Å². The van der Waals surface area contributed by atoms with Crippen molar-refractivity contribution >= 4 is 17.4 Å². The fourth-order valence-corrected chi connectivity index (χ4v) is 3.56. The van der Waals surface area contributed by atoms with Crippen molar-refractivity contribution in [3.8, 4) is 0 Å². The molecule has 0 radical (unpaired) electrons. The minimum absolute atomic E-state index is 0.0716. The molecule has 0 aliphatic heterocycles. The molecule has 0 amide bonds. The molecule has 0 saturated carbocycles. The van der Waals surface area contributed by atoms with Crippen LogP contribution in [0.2, 0.25) is 0 Å². The third-order valence-electron chi connectivity index (χ3n) is 4.89. The van der Waals surface area contributed by atoms with E-state index >= 15 is 0 Å². The predicted molar refractivity (Wildman–Crippen MR) is 127 cm³/mol. The molecule has 0 fully saturated rings. The van der Waals surface area contributed by atoms with Gasteiger partial charge in [-0.15, -0.1) is 0 Å². The summed E-state index contributed by atoms with van der Waals surface area (Å²) in [5.74, 6) is -3.74. The second-order valence-electron chi connectivity index (χ2n) is 10.3. The molecule has 0 heterocycles. The summed E-state index contributed by atoms with van der Waals surface area (Å²) in [6.45, 7) is 9.89. The van der Waals surface area contributed by atoms with Crippen molar-refractivity contribution in [2.24, 2.45) is 5.92 Å². The Morgan fingerprint density at radius 2 is 1.53 bits per heavy atom. The molecular formula is C26H30F3NO6. The molecule has 0 aliphatic rings. The first-order valence-corrected chi connectivity index (χ1v) is 11.2. The lowest BCUT2D eigenvalue weighted by molar-refractivity contribution is -0.385. The van der Waals surface area contributed by atoms with Crippen LogP contribution in [0.25, 0.3) is 0 Å². The van der Waals surface area contributed by atoms with Crippen LogP contribution in [0.3, 0.4) is 0 Å². The van der Waals surface area contributed by atoms with Crippen LogP contribution in [-0.2, 0) is 26.9 Å². The Bertz CT molecular complexity index is 1100. The molecule has 0 aromatic heterocycles. The van der Waals surface area contributed by atoms with Crippen molar-refractivity contribution in [3.63, 3.8) is 0 Å². The summed E-state index contributed by atoms with van der Waals surface area (Å²) in [6.07, 6.45) is -5.92. The van der Waals surface area contributed by atoms with Gasteiger partial charge in [-0.3, -0.25) is 19.7 Å². The maximum atomic E-state index is 13.7. The number of ketones is 1. The number of nitro groups is 1. The van der Waals surface area contributed by atoms with Gasteiger partial charge >= 0.3 is 12.1 Å². The zero-order valence-electron chi connectivity index (χ0n) is 21.0. The van der Waals surface area contributed by atoms with Crippen LogP contribution in [0, 0.1) is 16.0 Å². The van der Waals surface area contributed by atoms with Gasteiger partial charge in [0.1, 0.15) is 11.5 Å². The molecule has 0 aliphatic carbocycles. The number of nitro benzene ring substituents is 1. The Kier molecular flexibility index (Phi) is 8.67. The SMILES string of the molecule is CC(C)(C)OC(=O)C(C(=O)c1ccc(C(F)(F)F)cc1[N+](=O)[O-])C(Cc1ccccc1)OC(C)(C)C. The van der Waals surface area contributed by atoms with Crippen molar-refractivity contribution < 1.29 is 37.2 Å². The molecule has 0 spiro atoms. The quantitative estimate of drug-likeness (QED) is 0.139. The van der Waals surface area contributed by atoms with Crippen molar-refractivity contribution in [1.82, 2.24) is 0 Å². The van der Waals surface area contributed by atoms with E-state index in [1.165, 1.54) is 0 Å². The van der Waals surface area contributed by atoms with Crippen molar-refractivity contribution in [1.29, 1.82) is 0 Å². The maximum absolute atomic E-state index is 13.7. The molecule has 2 unspecified atom stereocenters. The Morgan fingerprint density at radius 3 is 2.00 bits per heavy atom. The lowest BCUT2D eigenvalue weighted by Gasteiger charge is -2.33. The minimum atomic E-state index is -4.86. The average molecular weight is 510 g/mol. The van der Waals surface area contributed by atoms with Gasteiger partial charge in [0.25, 0.3) is 5.69 Å². The molecule has 0 saturated heterocycles. The van der Waals surface area contributed by atoms with Gasteiger partial charge < -0.3 is 9.47 Å². The van der Waals surface area contributed by atoms with Gasteiger partial charge in [-0.2, -0.15) is 13.2 Å². The van der Waals surface area contributed by atoms with E-state index in [0.29, 0.717) is 6.07 Å². The van der Waals surface area contributed by atoms with Gasteiger partial charge in [-0.25, -0.2) is 0 Å². The Balaban J connectivity index is 2.68. The van der Waals surface area contributed by atoms with E-state index in [0.717, 1.165) is 11.6 Å². The fourth-order valence-electron chi connectivity index (χ4n) is 3.56. The molecule has 0 bridgehead atoms. The van der Waals surface area contributed by atoms with Crippen LogP contribution in [0.1, 0.15) is 63.0 Å². The number of esters is 1. The molecule has 2 rings (SSSR count). The van der Waals surface area contributed by atoms with Crippen molar-refractivity contribution in [2.75, 3.05) is 0 Å². The topological polar surface area (TPSA) is 95.7 Å². The number of ether oxygens (including phenoxy) is 2. The largest absolute Gasteiger partial charge is 0.459 e. The second-order valence-corrected chi connectivity index (χ2v) is 10.3. The number of hydrogen-bond donors (Lipinski definition) is 0. The number of carbonyl (C=O) groups is 2. The molecule has 10 heteroatoms. The van der Waals surface area contributed by atoms with Gasteiger partial charge in [0, 0.05) is 6.07 Å².